The Bertz CT molecular complexity index is 598. The van der Waals surface area contributed by atoms with Crippen LogP contribution in [0.15, 0.2) is 34.4 Å². The summed E-state index contributed by atoms with van der Waals surface area (Å²) in [4.78, 5) is 4.70. The third-order valence-corrected chi connectivity index (χ3v) is 4.70. The molecule has 0 aromatic carbocycles. The number of halogens is 4. The van der Waals surface area contributed by atoms with Crippen molar-refractivity contribution in [3.05, 3.63) is 50.4 Å². The molecular weight excluding hydrogens is 365 g/mol. The van der Waals surface area contributed by atoms with Gasteiger partial charge in [0.25, 0.3) is 0 Å². The molecule has 0 saturated heterocycles. The molecule has 0 radical (unpaired) electrons. The van der Waals surface area contributed by atoms with E-state index < -0.39 is 17.8 Å². The first-order valence-electron chi connectivity index (χ1n) is 6.42. The third-order valence-electron chi connectivity index (χ3n) is 2.94. The van der Waals surface area contributed by atoms with Crippen LogP contribution < -0.4 is 5.32 Å². The summed E-state index contributed by atoms with van der Waals surface area (Å²) in [5, 5.41) is 5.04. The number of hydrogen-bond acceptors (Lipinski definition) is 3. The van der Waals surface area contributed by atoms with Crippen LogP contribution in [0.4, 0.5) is 13.2 Å². The van der Waals surface area contributed by atoms with Crippen LogP contribution in [0.3, 0.4) is 0 Å². The maximum atomic E-state index is 13.2. The Balaban J connectivity index is 2.46. The minimum absolute atomic E-state index is 0.160. The number of nitrogens with one attached hydrogen (secondary N) is 1. The van der Waals surface area contributed by atoms with Crippen LogP contribution in [-0.4, -0.2) is 11.5 Å². The van der Waals surface area contributed by atoms with Crippen LogP contribution in [0.5, 0.6) is 0 Å². The molecule has 0 aliphatic rings. The van der Waals surface area contributed by atoms with Gasteiger partial charge in [-0.2, -0.15) is 13.2 Å². The van der Waals surface area contributed by atoms with Gasteiger partial charge in [-0.3, -0.25) is 4.98 Å². The van der Waals surface area contributed by atoms with Crippen LogP contribution in [0.25, 0.3) is 0 Å². The Kier molecular flexibility index (Phi) is 5.40. The molecule has 0 spiro atoms. The van der Waals surface area contributed by atoms with E-state index in [1.165, 1.54) is 23.7 Å². The van der Waals surface area contributed by atoms with Crippen molar-refractivity contribution in [3.8, 4) is 0 Å². The van der Waals surface area contributed by atoms with E-state index >= 15 is 0 Å². The molecule has 1 unspecified atom stereocenters. The summed E-state index contributed by atoms with van der Waals surface area (Å²) in [6, 6.07) is 2.36. The average molecular weight is 379 g/mol. The van der Waals surface area contributed by atoms with Crippen molar-refractivity contribution in [2.24, 2.45) is 0 Å². The molecule has 21 heavy (non-hydrogen) atoms. The lowest BCUT2D eigenvalue weighted by molar-refractivity contribution is -0.138. The van der Waals surface area contributed by atoms with Gasteiger partial charge in [-0.15, -0.1) is 11.3 Å². The molecule has 0 bridgehead atoms. The quantitative estimate of drug-likeness (QED) is 0.790. The Morgan fingerprint density at radius 2 is 2.19 bits per heavy atom. The molecule has 1 atom stereocenters. The first-order valence-corrected chi connectivity index (χ1v) is 8.09. The fraction of sp³-hybridized carbons (Fsp3) is 0.357. The lowest BCUT2D eigenvalue weighted by Crippen LogP contribution is -2.25. The van der Waals surface area contributed by atoms with Gasteiger partial charge in [0, 0.05) is 32.7 Å². The maximum absolute atomic E-state index is 13.2. The van der Waals surface area contributed by atoms with E-state index in [0.29, 0.717) is 6.54 Å². The maximum Gasteiger partial charge on any atom is 0.416 e. The van der Waals surface area contributed by atoms with Crippen molar-refractivity contribution in [2.75, 3.05) is 6.54 Å². The molecule has 2 nitrogen and oxygen atoms in total. The van der Waals surface area contributed by atoms with Crippen LogP contribution in [0, 0.1) is 0 Å². The molecule has 2 aromatic heterocycles. The van der Waals surface area contributed by atoms with Gasteiger partial charge in [-0.05, 0) is 41.0 Å². The van der Waals surface area contributed by atoms with Gasteiger partial charge in [0.15, 0.2) is 0 Å². The zero-order chi connectivity index (χ0) is 15.5. The van der Waals surface area contributed by atoms with Crippen molar-refractivity contribution in [1.29, 1.82) is 0 Å². The zero-order valence-corrected chi connectivity index (χ0v) is 13.6. The number of aromatic nitrogens is 1. The second kappa shape index (κ2) is 6.89. The molecule has 2 rings (SSSR count). The largest absolute Gasteiger partial charge is 0.416 e. The summed E-state index contributed by atoms with van der Waals surface area (Å²) in [6.07, 6.45) is -1.08. The predicted molar refractivity (Wildman–Crippen MR) is 81.4 cm³/mol. The van der Waals surface area contributed by atoms with Gasteiger partial charge >= 0.3 is 6.18 Å². The van der Waals surface area contributed by atoms with Gasteiger partial charge in [0.2, 0.25) is 0 Å². The molecule has 2 aromatic rings. The van der Waals surface area contributed by atoms with E-state index in [9.17, 15) is 13.2 Å². The second-order valence-electron chi connectivity index (χ2n) is 4.52. The second-order valence-corrected chi connectivity index (χ2v) is 6.37. The van der Waals surface area contributed by atoms with E-state index in [-0.39, 0.29) is 5.56 Å². The number of hydrogen-bond donors (Lipinski definition) is 1. The first kappa shape index (κ1) is 16.5. The van der Waals surface area contributed by atoms with Crippen molar-refractivity contribution in [3.63, 3.8) is 0 Å². The Labute approximate surface area is 133 Å². The highest BCUT2D eigenvalue weighted by atomic mass is 79.9. The minimum Gasteiger partial charge on any atom is -0.306 e. The minimum atomic E-state index is -4.39. The highest BCUT2D eigenvalue weighted by Crippen LogP contribution is 2.38. The molecule has 0 aliphatic heterocycles. The summed E-state index contributed by atoms with van der Waals surface area (Å²) in [5.41, 5.74) is -0.483. The van der Waals surface area contributed by atoms with E-state index in [1.807, 2.05) is 18.4 Å². The number of nitrogens with zero attached hydrogens (tertiary/aromatic N) is 1. The average Bonchev–Trinajstić information content (AvgIpc) is 2.85. The molecule has 0 fully saturated rings. The fourth-order valence-electron chi connectivity index (χ4n) is 2.03. The Morgan fingerprint density at radius 1 is 1.43 bits per heavy atom. The standard InChI is InChI=1S/C14H14BrF3N2S/c1-2-4-20-13(12-6-9(15)8-21-12)10-7-19-5-3-11(10)14(16,17)18/h3,5-8,13,20H,2,4H2,1H3. The van der Waals surface area contributed by atoms with Crippen LogP contribution in [0.1, 0.15) is 35.4 Å². The summed E-state index contributed by atoms with van der Waals surface area (Å²) >= 11 is 4.76. The normalized spacial score (nSPS) is 13.4. The molecule has 2 heterocycles. The Hall–Kier alpha value is -0.920. The molecule has 7 heteroatoms. The van der Waals surface area contributed by atoms with Crippen LogP contribution in [0.2, 0.25) is 0 Å². The van der Waals surface area contributed by atoms with E-state index in [0.717, 1.165) is 21.8 Å². The van der Waals surface area contributed by atoms with Crippen molar-refractivity contribution >= 4 is 27.3 Å². The summed E-state index contributed by atoms with van der Waals surface area (Å²) in [5.74, 6) is 0. The topological polar surface area (TPSA) is 24.9 Å². The summed E-state index contributed by atoms with van der Waals surface area (Å²) in [6.45, 7) is 2.61. The summed E-state index contributed by atoms with van der Waals surface area (Å²) < 4.78 is 40.4. The number of pyridine rings is 1. The van der Waals surface area contributed by atoms with Gasteiger partial charge in [-0.25, -0.2) is 0 Å². The van der Waals surface area contributed by atoms with Crippen molar-refractivity contribution in [2.45, 2.75) is 25.6 Å². The first-order chi connectivity index (χ1) is 9.93. The smallest absolute Gasteiger partial charge is 0.306 e. The molecule has 0 amide bonds. The van der Waals surface area contributed by atoms with Crippen molar-refractivity contribution < 1.29 is 13.2 Å². The predicted octanol–water partition coefficient (Wildman–Crippen LogP) is 5.01. The molecule has 0 aliphatic carbocycles. The van der Waals surface area contributed by atoms with E-state index in [2.05, 4.69) is 26.2 Å². The molecular formula is C14H14BrF3N2S. The molecule has 1 N–H and O–H groups in total. The van der Waals surface area contributed by atoms with E-state index in [4.69, 9.17) is 0 Å². The SMILES string of the molecule is CCCNC(c1cc(Br)cs1)c1cnccc1C(F)(F)F. The lowest BCUT2D eigenvalue weighted by Gasteiger charge is -2.21. The van der Waals surface area contributed by atoms with Crippen LogP contribution in [-0.2, 0) is 6.18 Å². The van der Waals surface area contributed by atoms with Crippen molar-refractivity contribution in [1.82, 2.24) is 10.3 Å². The van der Waals surface area contributed by atoms with Crippen LogP contribution >= 0.6 is 27.3 Å². The molecule has 114 valence electrons. The van der Waals surface area contributed by atoms with Gasteiger partial charge in [0.1, 0.15) is 0 Å². The lowest BCUT2D eigenvalue weighted by atomic mass is 10.0. The number of rotatable bonds is 5. The number of alkyl halides is 3. The summed E-state index contributed by atoms with van der Waals surface area (Å²) in [7, 11) is 0. The number of thiophene rings is 1. The highest BCUT2D eigenvalue weighted by Gasteiger charge is 2.35. The van der Waals surface area contributed by atoms with Gasteiger partial charge < -0.3 is 5.32 Å². The zero-order valence-electron chi connectivity index (χ0n) is 11.2. The Morgan fingerprint density at radius 3 is 2.76 bits per heavy atom. The third kappa shape index (κ3) is 4.05. The van der Waals surface area contributed by atoms with Gasteiger partial charge in [-0.1, -0.05) is 6.92 Å². The highest BCUT2D eigenvalue weighted by molar-refractivity contribution is 9.10. The van der Waals surface area contributed by atoms with E-state index in [1.54, 1.807) is 0 Å². The fourth-order valence-corrected chi connectivity index (χ4v) is 3.56. The molecule has 0 saturated carbocycles. The monoisotopic (exact) mass is 378 g/mol. The van der Waals surface area contributed by atoms with Gasteiger partial charge in [0.05, 0.1) is 11.6 Å².